The van der Waals surface area contributed by atoms with Gasteiger partial charge in [-0.2, -0.15) is 0 Å². The topological polar surface area (TPSA) is 97.1 Å². The number of furan rings is 1. The van der Waals surface area contributed by atoms with E-state index in [0.717, 1.165) is 17.8 Å². The normalized spacial score (nSPS) is 14.0. The number of aromatic nitrogens is 2. The number of anilines is 1. The van der Waals surface area contributed by atoms with Crippen LogP contribution in [0.15, 0.2) is 23.0 Å². The number of nitrogens with one attached hydrogen (secondary N) is 2. The van der Waals surface area contributed by atoms with Crippen LogP contribution in [-0.4, -0.2) is 28.6 Å². The Morgan fingerprint density at radius 1 is 1.40 bits per heavy atom. The second-order valence-corrected chi connectivity index (χ2v) is 5.47. The zero-order valence-electron chi connectivity index (χ0n) is 10.5. The smallest absolute Gasteiger partial charge is 0.254 e. The molecule has 2 aromatic rings. The molecule has 20 heavy (non-hydrogen) atoms. The highest BCUT2D eigenvalue weighted by molar-refractivity contribution is 7.15. The largest absolute Gasteiger partial charge is 0.472 e. The van der Waals surface area contributed by atoms with Crippen molar-refractivity contribution in [3.05, 3.63) is 29.2 Å². The quantitative estimate of drug-likeness (QED) is 0.867. The molecular formula is C12H12N4O3S. The highest BCUT2D eigenvalue weighted by Gasteiger charge is 2.27. The van der Waals surface area contributed by atoms with Crippen LogP contribution in [-0.2, 0) is 4.79 Å². The molecule has 1 saturated carbocycles. The summed E-state index contributed by atoms with van der Waals surface area (Å²) < 4.78 is 4.79. The van der Waals surface area contributed by atoms with Crippen molar-refractivity contribution >= 4 is 28.3 Å². The Balaban J connectivity index is 1.48. The molecule has 104 valence electrons. The maximum Gasteiger partial charge on any atom is 0.254 e. The van der Waals surface area contributed by atoms with Crippen molar-refractivity contribution in [3.63, 3.8) is 0 Å². The molecule has 2 amide bonds. The predicted octanol–water partition coefficient (Wildman–Crippen LogP) is 1.38. The lowest BCUT2D eigenvalue weighted by Gasteiger charge is -2.02. The Morgan fingerprint density at radius 2 is 2.25 bits per heavy atom. The van der Waals surface area contributed by atoms with Gasteiger partial charge in [0.15, 0.2) is 0 Å². The van der Waals surface area contributed by atoms with E-state index in [9.17, 15) is 9.59 Å². The number of amides is 2. The molecule has 2 heterocycles. The van der Waals surface area contributed by atoms with Crippen molar-refractivity contribution in [2.24, 2.45) is 0 Å². The van der Waals surface area contributed by atoms with Crippen LogP contribution < -0.4 is 10.6 Å². The zero-order chi connectivity index (χ0) is 13.9. The van der Waals surface area contributed by atoms with Crippen LogP contribution in [0.5, 0.6) is 0 Å². The fraction of sp³-hybridized carbons (Fsp3) is 0.333. The molecule has 0 aliphatic heterocycles. The SMILES string of the molecule is O=C(CNC(=O)c1ccoc1)Nc1nnc(C2CC2)s1. The van der Waals surface area contributed by atoms with E-state index in [4.69, 9.17) is 4.42 Å². The summed E-state index contributed by atoms with van der Waals surface area (Å²) in [7, 11) is 0. The van der Waals surface area contributed by atoms with Crippen LogP contribution in [0.3, 0.4) is 0 Å². The Hall–Kier alpha value is -2.22. The van der Waals surface area contributed by atoms with E-state index in [2.05, 4.69) is 20.8 Å². The van der Waals surface area contributed by atoms with Crippen LogP contribution in [0.1, 0.15) is 34.1 Å². The summed E-state index contributed by atoms with van der Waals surface area (Å²) in [5, 5.41) is 14.5. The Bertz CT molecular complexity index is 618. The standard InChI is InChI=1S/C12H12N4O3S/c17-9(5-13-10(18)8-3-4-19-6-8)14-12-16-15-11(20-12)7-1-2-7/h3-4,6-7H,1-2,5H2,(H,13,18)(H,14,16,17). The van der Waals surface area contributed by atoms with E-state index in [1.54, 1.807) is 0 Å². The first-order valence-electron chi connectivity index (χ1n) is 6.16. The van der Waals surface area contributed by atoms with Gasteiger partial charge >= 0.3 is 0 Å². The van der Waals surface area contributed by atoms with Gasteiger partial charge in [0.25, 0.3) is 5.91 Å². The number of carbonyl (C=O) groups excluding carboxylic acids is 2. The minimum Gasteiger partial charge on any atom is -0.472 e. The van der Waals surface area contributed by atoms with Gasteiger partial charge in [0.1, 0.15) is 11.3 Å². The maximum absolute atomic E-state index is 11.7. The molecule has 0 aromatic carbocycles. The zero-order valence-corrected chi connectivity index (χ0v) is 11.3. The summed E-state index contributed by atoms with van der Waals surface area (Å²) in [5.74, 6) is -0.177. The van der Waals surface area contributed by atoms with E-state index >= 15 is 0 Å². The molecule has 2 aromatic heterocycles. The van der Waals surface area contributed by atoms with Gasteiger partial charge in [0.05, 0.1) is 18.4 Å². The molecule has 0 unspecified atom stereocenters. The summed E-state index contributed by atoms with van der Waals surface area (Å²) in [6, 6.07) is 1.53. The fourth-order valence-corrected chi connectivity index (χ4v) is 2.53. The average molecular weight is 292 g/mol. The fourth-order valence-electron chi connectivity index (χ4n) is 1.60. The maximum atomic E-state index is 11.7. The van der Waals surface area contributed by atoms with E-state index < -0.39 is 0 Å². The molecule has 0 spiro atoms. The van der Waals surface area contributed by atoms with Gasteiger partial charge in [0, 0.05) is 5.92 Å². The molecule has 0 radical (unpaired) electrons. The molecule has 1 fully saturated rings. The van der Waals surface area contributed by atoms with Crippen molar-refractivity contribution in [1.29, 1.82) is 0 Å². The van der Waals surface area contributed by atoms with Crippen molar-refractivity contribution in [1.82, 2.24) is 15.5 Å². The van der Waals surface area contributed by atoms with Gasteiger partial charge in [-0.3, -0.25) is 14.9 Å². The number of hydrogen-bond donors (Lipinski definition) is 2. The summed E-state index contributed by atoms with van der Waals surface area (Å²) in [4.78, 5) is 23.3. The summed E-state index contributed by atoms with van der Waals surface area (Å²) in [6.45, 7) is -0.123. The third kappa shape index (κ3) is 3.02. The molecule has 1 aliphatic rings. The highest BCUT2D eigenvalue weighted by atomic mass is 32.1. The van der Waals surface area contributed by atoms with Gasteiger partial charge in [-0.1, -0.05) is 11.3 Å². The van der Waals surface area contributed by atoms with Gasteiger partial charge in [-0.25, -0.2) is 0 Å². The number of carbonyl (C=O) groups is 2. The number of rotatable bonds is 5. The summed E-state index contributed by atoms with van der Waals surface area (Å²) >= 11 is 1.38. The lowest BCUT2D eigenvalue weighted by atomic mass is 10.3. The predicted molar refractivity (Wildman–Crippen MR) is 71.6 cm³/mol. The van der Waals surface area contributed by atoms with E-state index in [0.29, 0.717) is 16.6 Å². The molecule has 2 N–H and O–H groups in total. The number of hydrogen-bond acceptors (Lipinski definition) is 6. The molecule has 0 bridgehead atoms. The first kappa shape index (κ1) is 12.8. The van der Waals surface area contributed by atoms with Crippen LogP contribution in [0.4, 0.5) is 5.13 Å². The van der Waals surface area contributed by atoms with Gasteiger partial charge in [-0.15, -0.1) is 10.2 Å². The van der Waals surface area contributed by atoms with Crippen molar-refractivity contribution in [3.8, 4) is 0 Å². The lowest BCUT2D eigenvalue weighted by Crippen LogP contribution is -2.32. The van der Waals surface area contributed by atoms with Gasteiger partial charge in [-0.05, 0) is 18.9 Å². The molecule has 8 heteroatoms. The monoisotopic (exact) mass is 292 g/mol. The van der Waals surface area contributed by atoms with Gasteiger partial charge in [0.2, 0.25) is 11.0 Å². The van der Waals surface area contributed by atoms with Crippen LogP contribution in [0.25, 0.3) is 0 Å². The Morgan fingerprint density at radius 3 is 2.95 bits per heavy atom. The minimum atomic E-state index is -0.357. The third-order valence-electron chi connectivity index (χ3n) is 2.81. The second-order valence-electron chi connectivity index (χ2n) is 4.46. The molecule has 0 atom stereocenters. The van der Waals surface area contributed by atoms with E-state index in [1.165, 1.54) is 29.9 Å². The van der Waals surface area contributed by atoms with Crippen LogP contribution >= 0.6 is 11.3 Å². The molecular weight excluding hydrogens is 280 g/mol. The highest BCUT2D eigenvalue weighted by Crippen LogP contribution is 2.41. The van der Waals surface area contributed by atoms with Gasteiger partial charge < -0.3 is 9.73 Å². The van der Waals surface area contributed by atoms with E-state index in [1.807, 2.05) is 0 Å². The first-order valence-corrected chi connectivity index (χ1v) is 6.97. The Labute approximate surface area is 118 Å². The van der Waals surface area contributed by atoms with Crippen molar-refractivity contribution in [2.75, 3.05) is 11.9 Å². The minimum absolute atomic E-state index is 0.123. The Kier molecular flexibility index (Phi) is 3.46. The first-order chi connectivity index (χ1) is 9.72. The lowest BCUT2D eigenvalue weighted by molar-refractivity contribution is -0.115. The molecule has 1 aliphatic carbocycles. The summed E-state index contributed by atoms with van der Waals surface area (Å²) in [6.07, 6.45) is 5.00. The molecule has 3 rings (SSSR count). The third-order valence-corrected chi connectivity index (χ3v) is 3.81. The average Bonchev–Trinajstić information content (AvgIpc) is 2.96. The second kappa shape index (κ2) is 5.41. The van der Waals surface area contributed by atoms with Crippen molar-refractivity contribution < 1.29 is 14.0 Å². The van der Waals surface area contributed by atoms with Crippen LogP contribution in [0.2, 0.25) is 0 Å². The molecule has 0 saturated heterocycles. The van der Waals surface area contributed by atoms with Crippen molar-refractivity contribution in [2.45, 2.75) is 18.8 Å². The summed E-state index contributed by atoms with van der Waals surface area (Å²) in [5.41, 5.74) is 0.379. The number of nitrogens with zero attached hydrogens (tertiary/aromatic N) is 2. The van der Waals surface area contributed by atoms with Crippen LogP contribution in [0, 0.1) is 0 Å². The van der Waals surface area contributed by atoms with E-state index in [-0.39, 0.29) is 18.4 Å². The molecule has 7 nitrogen and oxygen atoms in total.